The molecule has 3 nitrogen and oxygen atoms in total. The van der Waals surface area contributed by atoms with Gasteiger partial charge in [0.2, 0.25) is 0 Å². The van der Waals surface area contributed by atoms with Gasteiger partial charge in [0.1, 0.15) is 5.82 Å². The van der Waals surface area contributed by atoms with E-state index >= 15 is 0 Å². The topological polar surface area (TPSA) is 33.5 Å². The van der Waals surface area contributed by atoms with Gasteiger partial charge in [-0.05, 0) is 24.1 Å². The minimum Gasteiger partial charge on any atom is -0.347 e. The Morgan fingerprint density at radius 3 is 2.45 bits per heavy atom. The molecule has 4 heteroatoms. The molecule has 1 aromatic carbocycles. The van der Waals surface area contributed by atoms with E-state index in [1.54, 1.807) is 12.1 Å². The Balaban J connectivity index is 1.76. The molecule has 0 aromatic heterocycles. The lowest BCUT2D eigenvalue weighted by Gasteiger charge is -2.31. The van der Waals surface area contributed by atoms with Crippen molar-refractivity contribution in [1.82, 2.24) is 5.32 Å². The predicted octanol–water partition coefficient (Wildman–Crippen LogP) is 1.00. The normalized spacial score (nSPS) is 26.2. The first-order valence-electron chi connectivity index (χ1n) is 7.37. The summed E-state index contributed by atoms with van der Waals surface area (Å²) in [5.41, 5.74) is 0.926. The molecule has 0 aliphatic carbocycles. The lowest BCUT2D eigenvalue weighted by Crippen LogP contribution is -3.15. The molecule has 2 N–H and O–H groups in total. The van der Waals surface area contributed by atoms with Crippen LogP contribution in [0.4, 0.5) is 4.39 Å². The highest BCUT2D eigenvalue weighted by molar-refractivity contribution is 5.76. The summed E-state index contributed by atoms with van der Waals surface area (Å²) < 4.78 is 12.8. The van der Waals surface area contributed by atoms with Gasteiger partial charge in [0.25, 0.3) is 5.91 Å². The molecular weight excluding hydrogens is 255 g/mol. The van der Waals surface area contributed by atoms with E-state index in [-0.39, 0.29) is 11.7 Å². The second kappa shape index (κ2) is 6.84. The number of rotatable bonds is 4. The minimum atomic E-state index is -0.249. The van der Waals surface area contributed by atoms with Crippen LogP contribution in [0.2, 0.25) is 0 Å². The fourth-order valence-electron chi connectivity index (χ4n) is 3.16. The van der Waals surface area contributed by atoms with E-state index < -0.39 is 0 Å². The van der Waals surface area contributed by atoms with E-state index in [1.807, 2.05) is 0 Å². The van der Waals surface area contributed by atoms with E-state index in [2.05, 4.69) is 19.2 Å². The lowest BCUT2D eigenvalue weighted by molar-refractivity contribution is -0.904. The van der Waals surface area contributed by atoms with E-state index in [0.29, 0.717) is 24.9 Å². The molecule has 1 aliphatic heterocycles. The number of amides is 1. The van der Waals surface area contributed by atoms with E-state index in [9.17, 15) is 9.18 Å². The van der Waals surface area contributed by atoms with Crippen molar-refractivity contribution in [3.05, 3.63) is 35.6 Å². The zero-order valence-electron chi connectivity index (χ0n) is 12.3. The van der Waals surface area contributed by atoms with Gasteiger partial charge < -0.3 is 10.2 Å². The molecule has 20 heavy (non-hydrogen) atoms. The van der Waals surface area contributed by atoms with Crippen molar-refractivity contribution in [1.29, 1.82) is 0 Å². The van der Waals surface area contributed by atoms with Crippen LogP contribution in [-0.4, -0.2) is 25.5 Å². The van der Waals surface area contributed by atoms with Crippen LogP contribution in [0, 0.1) is 17.7 Å². The van der Waals surface area contributed by atoms with Gasteiger partial charge >= 0.3 is 0 Å². The Kier molecular flexibility index (Phi) is 5.12. The Bertz CT molecular complexity index is 436. The zero-order chi connectivity index (χ0) is 14.5. The average Bonchev–Trinajstić information content (AvgIpc) is 2.37. The number of halogens is 1. The summed E-state index contributed by atoms with van der Waals surface area (Å²) in [6.07, 6.45) is 1.26. The summed E-state index contributed by atoms with van der Waals surface area (Å²) in [4.78, 5) is 13.3. The van der Waals surface area contributed by atoms with E-state index in [4.69, 9.17) is 0 Å². The largest absolute Gasteiger partial charge is 0.347 e. The van der Waals surface area contributed by atoms with Gasteiger partial charge in [-0.3, -0.25) is 4.79 Å². The number of hydrogen-bond donors (Lipinski definition) is 2. The summed E-state index contributed by atoms with van der Waals surface area (Å²) in [6.45, 7) is 7.67. The van der Waals surface area contributed by atoms with Gasteiger partial charge in [-0.15, -0.1) is 0 Å². The minimum absolute atomic E-state index is 0.0747. The van der Waals surface area contributed by atoms with Crippen molar-refractivity contribution in [2.24, 2.45) is 11.8 Å². The molecule has 0 bridgehead atoms. The number of nitrogens with one attached hydrogen (secondary N) is 2. The van der Waals surface area contributed by atoms with Crippen LogP contribution in [0.1, 0.15) is 25.8 Å². The highest BCUT2D eigenvalue weighted by atomic mass is 19.1. The zero-order valence-corrected chi connectivity index (χ0v) is 12.3. The molecule has 2 atom stereocenters. The highest BCUT2D eigenvalue weighted by Crippen LogP contribution is 2.11. The monoisotopic (exact) mass is 279 g/mol. The summed E-state index contributed by atoms with van der Waals surface area (Å²) >= 11 is 0. The maximum Gasteiger partial charge on any atom is 0.275 e. The number of hydrogen-bond acceptors (Lipinski definition) is 1. The number of quaternary nitrogens is 1. The molecule has 110 valence electrons. The van der Waals surface area contributed by atoms with Crippen LogP contribution in [0.5, 0.6) is 0 Å². The second-order valence-corrected chi connectivity index (χ2v) is 6.18. The molecule has 0 saturated carbocycles. The van der Waals surface area contributed by atoms with Crippen LogP contribution >= 0.6 is 0 Å². The van der Waals surface area contributed by atoms with Gasteiger partial charge in [-0.1, -0.05) is 26.0 Å². The Morgan fingerprint density at radius 2 is 1.85 bits per heavy atom. The maximum absolute atomic E-state index is 12.8. The third-order valence-corrected chi connectivity index (χ3v) is 3.89. The number of carbonyl (C=O) groups is 1. The quantitative estimate of drug-likeness (QED) is 0.847. The van der Waals surface area contributed by atoms with Crippen LogP contribution < -0.4 is 10.2 Å². The molecular formula is C16H24FN2O+. The molecule has 1 amide bonds. The first kappa shape index (κ1) is 15.0. The third-order valence-electron chi connectivity index (χ3n) is 3.89. The van der Waals surface area contributed by atoms with Crippen molar-refractivity contribution < 1.29 is 14.1 Å². The van der Waals surface area contributed by atoms with Gasteiger partial charge in [0.05, 0.1) is 13.1 Å². The third kappa shape index (κ3) is 4.60. The van der Waals surface area contributed by atoms with Crippen molar-refractivity contribution in [3.63, 3.8) is 0 Å². The molecule has 1 saturated heterocycles. The number of likely N-dealkylation sites (tertiary alicyclic amines) is 1. The van der Waals surface area contributed by atoms with Crippen molar-refractivity contribution in [2.75, 3.05) is 19.6 Å². The molecule has 0 unspecified atom stereocenters. The first-order valence-corrected chi connectivity index (χ1v) is 7.37. The van der Waals surface area contributed by atoms with Gasteiger partial charge in [0.15, 0.2) is 6.54 Å². The van der Waals surface area contributed by atoms with Gasteiger partial charge in [-0.2, -0.15) is 0 Å². The van der Waals surface area contributed by atoms with Crippen LogP contribution in [0.15, 0.2) is 24.3 Å². The Labute approximate surface area is 120 Å². The van der Waals surface area contributed by atoms with E-state index in [1.165, 1.54) is 23.5 Å². The van der Waals surface area contributed by atoms with Gasteiger partial charge in [0, 0.05) is 18.4 Å². The SMILES string of the molecule is C[C@@H]1C[C@@H](C)C[NH+](CC(=O)NCc2ccc(F)cc2)C1. The first-order chi connectivity index (χ1) is 9.52. The fourth-order valence-corrected chi connectivity index (χ4v) is 3.16. The van der Waals surface area contributed by atoms with Crippen LogP contribution in [-0.2, 0) is 11.3 Å². The van der Waals surface area contributed by atoms with Crippen molar-refractivity contribution in [2.45, 2.75) is 26.8 Å². The highest BCUT2D eigenvalue weighted by Gasteiger charge is 2.26. The second-order valence-electron chi connectivity index (χ2n) is 6.18. The molecule has 0 radical (unpaired) electrons. The maximum atomic E-state index is 12.8. The van der Waals surface area contributed by atoms with Gasteiger partial charge in [-0.25, -0.2) is 4.39 Å². The number of benzene rings is 1. The van der Waals surface area contributed by atoms with Crippen LogP contribution in [0.3, 0.4) is 0 Å². The summed E-state index contributed by atoms with van der Waals surface area (Å²) in [7, 11) is 0. The predicted molar refractivity (Wildman–Crippen MR) is 76.8 cm³/mol. The van der Waals surface area contributed by atoms with Crippen molar-refractivity contribution in [3.8, 4) is 0 Å². The number of piperidine rings is 1. The van der Waals surface area contributed by atoms with Crippen molar-refractivity contribution >= 4 is 5.91 Å². The molecule has 1 heterocycles. The Morgan fingerprint density at radius 1 is 1.25 bits per heavy atom. The van der Waals surface area contributed by atoms with E-state index in [0.717, 1.165) is 18.7 Å². The summed E-state index contributed by atoms with van der Waals surface area (Å²) in [6, 6.07) is 6.24. The molecule has 0 spiro atoms. The fraction of sp³-hybridized carbons (Fsp3) is 0.562. The Hall–Kier alpha value is -1.42. The lowest BCUT2D eigenvalue weighted by atomic mass is 9.92. The molecule has 1 aromatic rings. The average molecular weight is 279 g/mol. The smallest absolute Gasteiger partial charge is 0.275 e. The summed E-state index contributed by atoms with van der Waals surface area (Å²) in [5, 5.41) is 2.91. The molecule has 1 fully saturated rings. The molecule has 2 rings (SSSR count). The summed E-state index contributed by atoms with van der Waals surface area (Å²) in [5.74, 6) is 1.21. The van der Waals surface area contributed by atoms with Crippen LogP contribution in [0.25, 0.3) is 0 Å². The molecule has 1 aliphatic rings. The number of carbonyl (C=O) groups excluding carboxylic acids is 1. The standard InChI is InChI=1S/C16H23FN2O/c1-12-7-13(2)10-19(9-12)11-16(20)18-8-14-3-5-15(17)6-4-14/h3-6,12-13H,7-11H2,1-2H3,(H,18,20)/p+1/t12-,13-/m1/s1.